The number of hydrogen-bond acceptors (Lipinski definition) is 3. The van der Waals surface area contributed by atoms with Crippen molar-refractivity contribution in [3.05, 3.63) is 29.6 Å². The summed E-state index contributed by atoms with van der Waals surface area (Å²) in [6, 6.07) is 3.82. The number of hydrogen-bond donors (Lipinski definition) is 1. The lowest BCUT2D eigenvalue weighted by molar-refractivity contribution is 0.0690. The van der Waals surface area contributed by atoms with Gasteiger partial charge in [0, 0.05) is 19.6 Å². The van der Waals surface area contributed by atoms with Crippen LogP contribution in [0.15, 0.2) is 18.2 Å². The van der Waals surface area contributed by atoms with Crippen LogP contribution in [0.1, 0.15) is 23.7 Å². The molecule has 0 spiro atoms. The minimum atomic E-state index is -1.20. The molecule has 4 nitrogen and oxygen atoms in total. The van der Waals surface area contributed by atoms with E-state index in [1.165, 1.54) is 18.2 Å². The molecule has 5 heteroatoms. The largest absolute Gasteiger partial charge is 0.490 e. The third-order valence-electron chi connectivity index (χ3n) is 2.08. The highest BCUT2D eigenvalue weighted by molar-refractivity contribution is 5.90. The Morgan fingerprint density at radius 3 is 2.82 bits per heavy atom. The van der Waals surface area contributed by atoms with Crippen LogP contribution < -0.4 is 4.74 Å². The van der Waals surface area contributed by atoms with Gasteiger partial charge in [-0.25, -0.2) is 9.18 Å². The van der Waals surface area contributed by atoms with Gasteiger partial charge in [-0.1, -0.05) is 6.07 Å². The Morgan fingerprint density at radius 2 is 2.18 bits per heavy atom. The molecule has 0 amide bonds. The van der Waals surface area contributed by atoms with Crippen molar-refractivity contribution in [2.45, 2.75) is 13.3 Å². The highest BCUT2D eigenvalue weighted by atomic mass is 19.1. The number of ether oxygens (including phenoxy) is 2. The lowest BCUT2D eigenvalue weighted by atomic mass is 10.2. The summed E-state index contributed by atoms with van der Waals surface area (Å²) < 4.78 is 23.6. The standard InChI is InChI=1S/C12H15FO4/c1-2-16-7-4-8-17-11-9(12(14)15)5-3-6-10(11)13/h3,5-6H,2,4,7-8H2,1H3,(H,14,15). The number of rotatable bonds is 7. The molecule has 17 heavy (non-hydrogen) atoms. The van der Waals surface area contributed by atoms with Crippen LogP contribution >= 0.6 is 0 Å². The lowest BCUT2D eigenvalue weighted by Gasteiger charge is -2.09. The van der Waals surface area contributed by atoms with Crippen molar-refractivity contribution in [2.24, 2.45) is 0 Å². The van der Waals surface area contributed by atoms with E-state index in [4.69, 9.17) is 14.6 Å². The molecular weight excluding hydrogens is 227 g/mol. The van der Waals surface area contributed by atoms with Crippen LogP contribution in [-0.2, 0) is 4.74 Å². The quantitative estimate of drug-likeness (QED) is 0.745. The molecule has 94 valence electrons. The van der Waals surface area contributed by atoms with Crippen LogP contribution in [0.25, 0.3) is 0 Å². The monoisotopic (exact) mass is 242 g/mol. The number of para-hydroxylation sites is 1. The fourth-order valence-electron chi connectivity index (χ4n) is 1.30. The van der Waals surface area contributed by atoms with Crippen molar-refractivity contribution in [3.8, 4) is 5.75 Å². The second kappa shape index (κ2) is 6.85. The number of carboxylic acids is 1. The second-order valence-corrected chi connectivity index (χ2v) is 3.32. The van der Waals surface area contributed by atoms with E-state index in [9.17, 15) is 9.18 Å². The van der Waals surface area contributed by atoms with Crippen LogP contribution in [0, 0.1) is 5.82 Å². The van der Waals surface area contributed by atoms with Crippen molar-refractivity contribution in [1.82, 2.24) is 0 Å². The number of halogens is 1. The third-order valence-corrected chi connectivity index (χ3v) is 2.08. The van der Waals surface area contributed by atoms with E-state index in [-0.39, 0.29) is 17.9 Å². The highest BCUT2D eigenvalue weighted by Crippen LogP contribution is 2.22. The van der Waals surface area contributed by atoms with Crippen molar-refractivity contribution in [2.75, 3.05) is 19.8 Å². The van der Waals surface area contributed by atoms with Crippen molar-refractivity contribution in [1.29, 1.82) is 0 Å². The summed E-state index contributed by atoms with van der Waals surface area (Å²) >= 11 is 0. The van der Waals surface area contributed by atoms with Gasteiger partial charge in [0.1, 0.15) is 5.56 Å². The molecule has 0 atom stereocenters. The van der Waals surface area contributed by atoms with E-state index in [1.807, 2.05) is 6.92 Å². The molecule has 1 aromatic rings. The Bertz CT molecular complexity index is 379. The topological polar surface area (TPSA) is 55.8 Å². The first-order valence-corrected chi connectivity index (χ1v) is 5.39. The molecular formula is C12H15FO4. The van der Waals surface area contributed by atoms with Gasteiger partial charge in [-0.15, -0.1) is 0 Å². The Balaban J connectivity index is 2.60. The fourth-order valence-corrected chi connectivity index (χ4v) is 1.30. The molecule has 0 fully saturated rings. The predicted octanol–water partition coefficient (Wildman–Crippen LogP) is 2.33. The van der Waals surface area contributed by atoms with Gasteiger partial charge in [0.15, 0.2) is 11.6 Å². The zero-order valence-corrected chi connectivity index (χ0v) is 9.61. The smallest absolute Gasteiger partial charge is 0.339 e. The first-order valence-electron chi connectivity index (χ1n) is 5.39. The number of carbonyl (C=O) groups is 1. The summed E-state index contributed by atoms with van der Waals surface area (Å²) in [6.07, 6.45) is 0.585. The Kier molecular flexibility index (Phi) is 5.42. The van der Waals surface area contributed by atoms with E-state index >= 15 is 0 Å². The van der Waals surface area contributed by atoms with Gasteiger partial charge < -0.3 is 14.6 Å². The Labute approximate surface area is 99.0 Å². The highest BCUT2D eigenvalue weighted by Gasteiger charge is 2.15. The molecule has 1 N–H and O–H groups in total. The van der Waals surface area contributed by atoms with Gasteiger partial charge in [-0.05, 0) is 19.1 Å². The molecule has 0 bridgehead atoms. The molecule has 1 rings (SSSR count). The maximum Gasteiger partial charge on any atom is 0.339 e. The molecule has 0 aliphatic heterocycles. The normalized spacial score (nSPS) is 10.2. The first kappa shape index (κ1) is 13.4. The molecule has 0 aliphatic carbocycles. The van der Waals surface area contributed by atoms with E-state index in [1.54, 1.807) is 0 Å². The maximum atomic E-state index is 13.4. The molecule has 0 aromatic heterocycles. The summed E-state index contributed by atoms with van der Waals surface area (Å²) in [6.45, 7) is 3.22. The van der Waals surface area contributed by atoms with Gasteiger partial charge in [0.25, 0.3) is 0 Å². The van der Waals surface area contributed by atoms with E-state index in [0.717, 1.165) is 0 Å². The minimum absolute atomic E-state index is 0.165. The van der Waals surface area contributed by atoms with Crippen molar-refractivity contribution >= 4 is 5.97 Å². The fraction of sp³-hybridized carbons (Fsp3) is 0.417. The van der Waals surface area contributed by atoms with Gasteiger partial charge in [0.05, 0.1) is 6.61 Å². The van der Waals surface area contributed by atoms with Crippen LogP contribution in [0.3, 0.4) is 0 Å². The average molecular weight is 242 g/mol. The Morgan fingerprint density at radius 1 is 1.41 bits per heavy atom. The third kappa shape index (κ3) is 4.03. The van der Waals surface area contributed by atoms with Gasteiger partial charge >= 0.3 is 5.97 Å². The number of carboxylic acid groups (broad SMARTS) is 1. The van der Waals surface area contributed by atoms with E-state index in [2.05, 4.69) is 0 Å². The molecule has 0 unspecified atom stereocenters. The summed E-state index contributed by atoms with van der Waals surface area (Å²) in [7, 11) is 0. The SMILES string of the molecule is CCOCCCOc1c(F)cccc1C(=O)O. The maximum absolute atomic E-state index is 13.4. The summed E-state index contributed by atoms with van der Waals surface area (Å²) in [4.78, 5) is 10.8. The van der Waals surface area contributed by atoms with Crippen molar-refractivity contribution < 1.29 is 23.8 Å². The number of benzene rings is 1. The summed E-state index contributed by atoms with van der Waals surface area (Å²) in [5, 5.41) is 8.86. The van der Waals surface area contributed by atoms with Gasteiger partial charge in [-0.3, -0.25) is 0 Å². The summed E-state index contributed by atoms with van der Waals surface area (Å²) in [5.41, 5.74) is -0.165. The second-order valence-electron chi connectivity index (χ2n) is 3.32. The lowest BCUT2D eigenvalue weighted by Crippen LogP contribution is -2.08. The molecule has 0 saturated heterocycles. The average Bonchev–Trinajstić information content (AvgIpc) is 2.30. The van der Waals surface area contributed by atoms with Crippen LogP contribution in [0.2, 0.25) is 0 Å². The molecule has 1 aromatic carbocycles. The molecule has 0 heterocycles. The zero-order chi connectivity index (χ0) is 12.7. The molecule has 0 aliphatic rings. The van der Waals surface area contributed by atoms with Crippen LogP contribution in [0.5, 0.6) is 5.75 Å². The first-order chi connectivity index (χ1) is 8.16. The van der Waals surface area contributed by atoms with Crippen LogP contribution in [0.4, 0.5) is 4.39 Å². The van der Waals surface area contributed by atoms with Gasteiger partial charge in [-0.2, -0.15) is 0 Å². The van der Waals surface area contributed by atoms with Gasteiger partial charge in [0.2, 0.25) is 0 Å². The zero-order valence-electron chi connectivity index (χ0n) is 9.61. The van der Waals surface area contributed by atoms with E-state index in [0.29, 0.717) is 19.6 Å². The summed E-state index contributed by atoms with van der Waals surface area (Å²) in [5.74, 6) is -2.08. The number of aromatic carboxylic acids is 1. The van der Waals surface area contributed by atoms with E-state index < -0.39 is 11.8 Å². The minimum Gasteiger partial charge on any atom is -0.490 e. The van der Waals surface area contributed by atoms with Crippen molar-refractivity contribution in [3.63, 3.8) is 0 Å². The molecule has 0 radical (unpaired) electrons. The predicted molar refractivity (Wildman–Crippen MR) is 60.0 cm³/mol. The molecule has 0 saturated carbocycles. The Hall–Kier alpha value is -1.62. The van der Waals surface area contributed by atoms with Crippen LogP contribution in [-0.4, -0.2) is 30.9 Å².